The van der Waals surface area contributed by atoms with Crippen LogP contribution in [0.4, 0.5) is 0 Å². The molecule has 0 bridgehead atoms. The van der Waals surface area contributed by atoms with Gasteiger partial charge in [-0.25, -0.2) is 0 Å². The molecule has 0 saturated heterocycles. The lowest BCUT2D eigenvalue weighted by Gasteiger charge is -2.10. The summed E-state index contributed by atoms with van der Waals surface area (Å²) >= 11 is 1.63. The zero-order valence-electron chi connectivity index (χ0n) is 17.3. The van der Waals surface area contributed by atoms with E-state index in [4.69, 9.17) is 10.2 Å². The van der Waals surface area contributed by atoms with E-state index in [0.29, 0.717) is 11.6 Å². The molecule has 0 aliphatic carbocycles. The molecule has 1 aliphatic heterocycles. The van der Waals surface area contributed by atoms with Crippen LogP contribution in [0.2, 0.25) is 0 Å². The number of benzene rings is 1. The first kappa shape index (κ1) is 20.9. The lowest BCUT2D eigenvalue weighted by molar-refractivity contribution is -0.137. The smallest absolute Gasteiger partial charge is 0.306 e. The van der Waals surface area contributed by atoms with Crippen molar-refractivity contribution in [2.75, 3.05) is 6.54 Å². The van der Waals surface area contributed by atoms with Crippen LogP contribution in [0.15, 0.2) is 29.3 Å². The molecule has 9 heteroatoms. The number of nitrogens with zero attached hydrogens (tertiary/aromatic N) is 4. The number of carboxylic acid groups (broad SMARTS) is 1. The molecule has 0 spiro atoms. The first-order chi connectivity index (χ1) is 14.9. The Balaban J connectivity index is 1.89. The van der Waals surface area contributed by atoms with Crippen LogP contribution < -0.4 is 5.48 Å². The molecule has 1 aromatic carbocycles. The lowest BCUT2D eigenvalue weighted by atomic mass is 9.98. The highest BCUT2D eigenvalue weighted by Gasteiger charge is 2.32. The van der Waals surface area contributed by atoms with Crippen LogP contribution in [0.1, 0.15) is 51.2 Å². The standard InChI is InChI=1S/C22H21N5O3S/c1-12-13(2)31-22-19(12)20(16-8-6-15(7-9-16)5-4-10-23-30)24-17(11-18(28)29)21-26-25-14(3)27(21)22/h6-9,17,23,30H,10-11H2,1-3H3,(H,28,29)/t17-/m1/s1. The SMILES string of the molecule is Cc1sc2c(c1C)C(c1ccc(C#CCNO)cc1)=N[C@H](CC(=O)O)c1nnc(C)n1-2. The second-order valence-corrected chi connectivity index (χ2v) is 8.41. The maximum Gasteiger partial charge on any atom is 0.306 e. The fourth-order valence-electron chi connectivity index (χ4n) is 3.59. The Morgan fingerprint density at radius 3 is 2.65 bits per heavy atom. The van der Waals surface area contributed by atoms with E-state index < -0.39 is 12.0 Å². The molecule has 8 nitrogen and oxygen atoms in total. The molecule has 3 N–H and O–H groups in total. The number of hydroxylamine groups is 1. The van der Waals surface area contributed by atoms with E-state index in [0.717, 1.165) is 37.8 Å². The molecule has 4 rings (SSSR count). The molecule has 3 heterocycles. The molecule has 31 heavy (non-hydrogen) atoms. The van der Waals surface area contributed by atoms with Crippen LogP contribution in [-0.2, 0) is 4.79 Å². The van der Waals surface area contributed by atoms with E-state index >= 15 is 0 Å². The molecule has 0 saturated carbocycles. The largest absolute Gasteiger partial charge is 0.481 e. The number of aliphatic carboxylic acids is 1. The van der Waals surface area contributed by atoms with Gasteiger partial charge in [0, 0.05) is 21.6 Å². The molecule has 3 aromatic rings. The first-order valence-corrected chi connectivity index (χ1v) is 10.5. The van der Waals surface area contributed by atoms with E-state index in [-0.39, 0.29) is 13.0 Å². The van der Waals surface area contributed by atoms with Gasteiger partial charge in [0.15, 0.2) is 5.82 Å². The van der Waals surface area contributed by atoms with E-state index in [1.165, 1.54) is 0 Å². The van der Waals surface area contributed by atoms with Crippen LogP contribution in [0.5, 0.6) is 0 Å². The number of hydrogen-bond acceptors (Lipinski definition) is 7. The summed E-state index contributed by atoms with van der Waals surface area (Å²) in [6.07, 6.45) is -0.174. The summed E-state index contributed by atoms with van der Waals surface area (Å²) in [7, 11) is 0. The molecule has 2 aromatic heterocycles. The summed E-state index contributed by atoms with van der Waals surface area (Å²) in [5, 5.41) is 27.6. The van der Waals surface area contributed by atoms with Gasteiger partial charge < -0.3 is 10.3 Å². The summed E-state index contributed by atoms with van der Waals surface area (Å²) in [6, 6.07) is 6.99. The van der Waals surface area contributed by atoms with Crippen LogP contribution >= 0.6 is 11.3 Å². The third kappa shape index (κ3) is 3.88. The molecule has 0 fully saturated rings. The average molecular weight is 436 g/mol. The Morgan fingerprint density at radius 2 is 1.97 bits per heavy atom. The Kier molecular flexibility index (Phi) is 5.69. The number of carbonyl (C=O) groups is 1. The lowest BCUT2D eigenvalue weighted by Crippen LogP contribution is -2.10. The zero-order chi connectivity index (χ0) is 22.1. The first-order valence-electron chi connectivity index (χ1n) is 9.69. The van der Waals surface area contributed by atoms with E-state index in [1.807, 2.05) is 41.2 Å². The van der Waals surface area contributed by atoms with Gasteiger partial charge in [-0.3, -0.25) is 14.4 Å². The van der Waals surface area contributed by atoms with Gasteiger partial charge in [0.2, 0.25) is 0 Å². The molecular formula is C22H21N5O3S. The summed E-state index contributed by atoms with van der Waals surface area (Å²) in [5.41, 5.74) is 6.51. The van der Waals surface area contributed by atoms with Crippen molar-refractivity contribution in [2.45, 2.75) is 33.2 Å². The maximum absolute atomic E-state index is 11.6. The average Bonchev–Trinajstić information content (AvgIpc) is 3.21. The number of aryl methyl sites for hydroxylation is 2. The summed E-state index contributed by atoms with van der Waals surface area (Å²) < 4.78 is 1.94. The number of aliphatic imine (C=N–C) groups is 1. The van der Waals surface area contributed by atoms with Gasteiger partial charge >= 0.3 is 5.97 Å². The van der Waals surface area contributed by atoms with Crippen molar-refractivity contribution in [1.29, 1.82) is 0 Å². The molecular weight excluding hydrogens is 414 g/mol. The number of aromatic nitrogens is 3. The van der Waals surface area contributed by atoms with Crippen molar-refractivity contribution in [1.82, 2.24) is 20.2 Å². The quantitative estimate of drug-likeness (QED) is 0.429. The fourth-order valence-corrected chi connectivity index (χ4v) is 4.80. The van der Waals surface area contributed by atoms with Gasteiger partial charge in [0.1, 0.15) is 16.9 Å². The molecule has 1 aliphatic rings. The number of thiophene rings is 1. The van der Waals surface area contributed by atoms with Crippen molar-refractivity contribution in [3.05, 3.63) is 63.0 Å². The van der Waals surface area contributed by atoms with Gasteiger partial charge in [0.25, 0.3) is 0 Å². The highest BCUT2D eigenvalue weighted by Crippen LogP contribution is 2.39. The minimum absolute atomic E-state index is 0.174. The molecule has 1 atom stereocenters. The highest BCUT2D eigenvalue weighted by molar-refractivity contribution is 7.15. The number of rotatable bonds is 4. The van der Waals surface area contributed by atoms with Gasteiger partial charge in [-0.05, 0) is 38.5 Å². The van der Waals surface area contributed by atoms with Crippen molar-refractivity contribution >= 4 is 23.0 Å². The Morgan fingerprint density at radius 1 is 1.23 bits per heavy atom. The van der Waals surface area contributed by atoms with Crippen LogP contribution in [-0.4, -0.2) is 43.3 Å². The number of fused-ring (bicyclic) bond motifs is 3. The Labute approximate surface area is 183 Å². The third-order valence-electron chi connectivity index (χ3n) is 5.17. The van der Waals surface area contributed by atoms with Crippen molar-refractivity contribution in [3.63, 3.8) is 0 Å². The topological polar surface area (TPSA) is 113 Å². The normalized spacial score (nSPS) is 14.7. The second-order valence-electron chi connectivity index (χ2n) is 7.21. The minimum Gasteiger partial charge on any atom is -0.481 e. The van der Waals surface area contributed by atoms with Gasteiger partial charge in [-0.2, -0.15) is 5.48 Å². The Bertz CT molecular complexity index is 1240. The van der Waals surface area contributed by atoms with E-state index in [2.05, 4.69) is 35.9 Å². The van der Waals surface area contributed by atoms with Crippen molar-refractivity contribution in [2.24, 2.45) is 4.99 Å². The second kappa shape index (κ2) is 8.43. The summed E-state index contributed by atoms with van der Waals surface area (Å²) in [4.78, 5) is 17.6. The predicted molar refractivity (Wildman–Crippen MR) is 117 cm³/mol. The van der Waals surface area contributed by atoms with Gasteiger partial charge in [-0.15, -0.1) is 21.5 Å². The molecule has 0 unspecified atom stereocenters. The number of hydrogen-bond donors (Lipinski definition) is 3. The zero-order valence-corrected chi connectivity index (χ0v) is 18.1. The van der Waals surface area contributed by atoms with Gasteiger partial charge in [-0.1, -0.05) is 24.0 Å². The van der Waals surface area contributed by atoms with Crippen molar-refractivity contribution in [3.8, 4) is 16.8 Å². The molecule has 0 radical (unpaired) electrons. The highest BCUT2D eigenvalue weighted by atomic mass is 32.1. The summed E-state index contributed by atoms with van der Waals surface area (Å²) in [5.74, 6) is 6.07. The van der Waals surface area contributed by atoms with Crippen LogP contribution in [0.25, 0.3) is 5.00 Å². The number of carboxylic acids is 1. The number of nitrogens with one attached hydrogen (secondary N) is 1. The van der Waals surface area contributed by atoms with Crippen molar-refractivity contribution < 1.29 is 15.1 Å². The Hall–Kier alpha value is -3.32. The van der Waals surface area contributed by atoms with Crippen LogP contribution in [0, 0.1) is 32.6 Å². The van der Waals surface area contributed by atoms with Gasteiger partial charge in [0.05, 0.1) is 18.7 Å². The van der Waals surface area contributed by atoms with Crippen LogP contribution in [0.3, 0.4) is 0 Å². The molecule has 0 amide bonds. The fraction of sp³-hybridized carbons (Fsp3) is 0.273. The molecule has 158 valence electrons. The monoisotopic (exact) mass is 435 g/mol. The summed E-state index contributed by atoms with van der Waals surface area (Å²) in [6.45, 7) is 6.16. The third-order valence-corrected chi connectivity index (χ3v) is 6.36. The van der Waals surface area contributed by atoms with E-state index in [9.17, 15) is 9.90 Å². The predicted octanol–water partition coefficient (Wildman–Crippen LogP) is 2.95. The van der Waals surface area contributed by atoms with E-state index in [1.54, 1.807) is 11.3 Å². The maximum atomic E-state index is 11.6. The minimum atomic E-state index is -0.943.